The fraction of sp³-hybridized carbons (Fsp3) is 0.545. The number of carboxylic acids is 1. The van der Waals surface area contributed by atoms with Gasteiger partial charge >= 0.3 is 5.97 Å². The van der Waals surface area contributed by atoms with Crippen molar-refractivity contribution in [2.45, 2.75) is 31.7 Å². The first kappa shape index (κ1) is 13.4. The number of anilines is 1. The van der Waals surface area contributed by atoms with Crippen molar-refractivity contribution in [2.24, 2.45) is 0 Å². The summed E-state index contributed by atoms with van der Waals surface area (Å²) in [4.78, 5) is 13.3. The number of nitrogens with zero attached hydrogens (tertiary/aromatic N) is 3. The van der Waals surface area contributed by atoms with Crippen molar-refractivity contribution >= 4 is 34.9 Å². The summed E-state index contributed by atoms with van der Waals surface area (Å²) in [6, 6.07) is 1.56. The van der Waals surface area contributed by atoms with Gasteiger partial charge in [-0.25, -0.2) is 4.79 Å². The molecule has 0 bridgehead atoms. The summed E-state index contributed by atoms with van der Waals surface area (Å²) in [6.45, 7) is 2.31. The minimum Gasteiger partial charge on any atom is -0.480 e. The molecule has 1 aliphatic heterocycles. The van der Waals surface area contributed by atoms with Gasteiger partial charge in [0.2, 0.25) is 0 Å². The van der Waals surface area contributed by atoms with Crippen molar-refractivity contribution in [1.29, 1.82) is 0 Å². The third-order valence-electron chi connectivity index (χ3n) is 3.34. The second kappa shape index (κ2) is 4.90. The predicted molar refractivity (Wildman–Crippen MR) is 69.3 cm³/mol. The van der Waals surface area contributed by atoms with Crippen LogP contribution < -0.4 is 4.90 Å². The molecule has 0 spiro atoms. The second-order valence-corrected chi connectivity index (χ2v) is 5.28. The zero-order valence-electron chi connectivity index (χ0n) is 9.86. The van der Waals surface area contributed by atoms with Crippen molar-refractivity contribution in [3.63, 3.8) is 0 Å². The van der Waals surface area contributed by atoms with E-state index in [-0.39, 0.29) is 10.3 Å². The molecule has 1 saturated heterocycles. The third-order valence-corrected chi connectivity index (χ3v) is 3.80. The number of carbonyl (C=O) groups is 1. The smallest absolute Gasteiger partial charge is 0.329 e. The van der Waals surface area contributed by atoms with Crippen LogP contribution in [0.4, 0.5) is 5.69 Å². The lowest BCUT2D eigenvalue weighted by Crippen LogP contribution is -2.55. The molecule has 18 heavy (non-hydrogen) atoms. The number of carboxylic acid groups (broad SMARTS) is 1. The Morgan fingerprint density at radius 3 is 2.83 bits per heavy atom. The molecule has 0 saturated carbocycles. The molecule has 1 N–H and O–H groups in total. The zero-order chi connectivity index (χ0) is 13.3. The Balaban J connectivity index is 2.46. The minimum atomic E-state index is -0.978. The normalized spacial score (nSPS) is 24.1. The maximum absolute atomic E-state index is 11.5. The maximum atomic E-state index is 11.5. The van der Waals surface area contributed by atoms with Crippen molar-refractivity contribution in [3.8, 4) is 0 Å². The van der Waals surface area contributed by atoms with Gasteiger partial charge in [0.05, 0.1) is 5.69 Å². The van der Waals surface area contributed by atoms with Crippen molar-refractivity contribution in [3.05, 3.63) is 16.4 Å². The molecule has 1 atom stereocenters. The number of piperidine rings is 1. The fourth-order valence-electron chi connectivity index (χ4n) is 2.26. The van der Waals surface area contributed by atoms with Crippen LogP contribution in [-0.2, 0) is 4.79 Å². The monoisotopic (exact) mass is 289 g/mol. The molecule has 2 heterocycles. The van der Waals surface area contributed by atoms with Gasteiger partial charge in [0, 0.05) is 12.6 Å². The Kier molecular flexibility index (Phi) is 3.64. The fourth-order valence-corrected chi connectivity index (χ4v) is 2.60. The third kappa shape index (κ3) is 2.24. The average Bonchev–Trinajstić information content (AvgIpc) is 2.33. The highest BCUT2D eigenvalue weighted by atomic mass is 35.5. The molecule has 1 aromatic heterocycles. The van der Waals surface area contributed by atoms with Gasteiger partial charge in [0.15, 0.2) is 10.3 Å². The molecule has 2 rings (SSSR count). The predicted octanol–water partition coefficient (Wildman–Crippen LogP) is 2.62. The Labute approximate surface area is 115 Å². The molecule has 1 aromatic rings. The van der Waals surface area contributed by atoms with Crippen LogP contribution >= 0.6 is 23.2 Å². The molecule has 7 heteroatoms. The summed E-state index contributed by atoms with van der Waals surface area (Å²) in [5.41, 5.74) is -0.449. The Morgan fingerprint density at radius 2 is 2.17 bits per heavy atom. The number of aliphatic carboxylic acids is 1. The second-order valence-electron chi connectivity index (χ2n) is 4.53. The van der Waals surface area contributed by atoms with Crippen molar-refractivity contribution < 1.29 is 9.90 Å². The van der Waals surface area contributed by atoms with Crippen LogP contribution in [0.1, 0.15) is 26.2 Å². The molecule has 98 valence electrons. The molecule has 0 radical (unpaired) electrons. The Hall–Kier alpha value is -1.07. The molecule has 0 aliphatic carbocycles. The van der Waals surface area contributed by atoms with E-state index in [4.69, 9.17) is 23.2 Å². The van der Waals surface area contributed by atoms with E-state index in [1.807, 2.05) is 0 Å². The summed E-state index contributed by atoms with van der Waals surface area (Å²) in [7, 11) is 0. The van der Waals surface area contributed by atoms with E-state index in [2.05, 4.69) is 10.2 Å². The van der Waals surface area contributed by atoms with Crippen molar-refractivity contribution in [2.75, 3.05) is 11.4 Å². The van der Waals surface area contributed by atoms with Gasteiger partial charge in [-0.15, -0.1) is 10.2 Å². The Bertz CT molecular complexity index is 483. The van der Waals surface area contributed by atoms with E-state index in [9.17, 15) is 9.90 Å². The van der Waals surface area contributed by atoms with Crippen LogP contribution in [0.25, 0.3) is 0 Å². The van der Waals surface area contributed by atoms with E-state index in [0.29, 0.717) is 18.7 Å². The highest BCUT2D eigenvalue weighted by molar-refractivity contribution is 6.33. The van der Waals surface area contributed by atoms with Crippen LogP contribution in [0.15, 0.2) is 6.07 Å². The molecule has 1 aliphatic rings. The lowest BCUT2D eigenvalue weighted by Gasteiger charge is -2.43. The van der Waals surface area contributed by atoms with Crippen LogP contribution in [0.3, 0.4) is 0 Å². The summed E-state index contributed by atoms with van der Waals surface area (Å²) in [5.74, 6) is -0.869. The van der Waals surface area contributed by atoms with Gasteiger partial charge in [-0.05, 0) is 26.2 Å². The summed E-state index contributed by atoms with van der Waals surface area (Å²) in [6.07, 6.45) is 2.36. The first-order valence-electron chi connectivity index (χ1n) is 5.65. The quantitative estimate of drug-likeness (QED) is 0.907. The molecular formula is C11H13Cl2N3O2. The number of rotatable bonds is 2. The molecule has 1 unspecified atom stereocenters. The van der Waals surface area contributed by atoms with E-state index in [1.54, 1.807) is 17.9 Å². The minimum absolute atomic E-state index is 0.175. The summed E-state index contributed by atoms with van der Waals surface area (Å²) < 4.78 is 0. The molecule has 0 aromatic carbocycles. The lowest BCUT2D eigenvalue weighted by atomic mass is 9.88. The van der Waals surface area contributed by atoms with E-state index < -0.39 is 11.5 Å². The largest absolute Gasteiger partial charge is 0.480 e. The molecule has 5 nitrogen and oxygen atoms in total. The lowest BCUT2D eigenvalue weighted by molar-refractivity contribution is -0.143. The zero-order valence-corrected chi connectivity index (χ0v) is 11.4. The average molecular weight is 290 g/mol. The van der Waals surface area contributed by atoms with Crippen molar-refractivity contribution in [1.82, 2.24) is 10.2 Å². The summed E-state index contributed by atoms with van der Waals surface area (Å²) >= 11 is 11.8. The number of hydrogen-bond donors (Lipinski definition) is 1. The van der Waals surface area contributed by atoms with Gasteiger partial charge in [-0.1, -0.05) is 23.2 Å². The van der Waals surface area contributed by atoms with Crippen LogP contribution in [0.2, 0.25) is 10.3 Å². The van der Waals surface area contributed by atoms with Crippen LogP contribution in [0, 0.1) is 0 Å². The van der Waals surface area contributed by atoms with Gasteiger partial charge in [-0.2, -0.15) is 0 Å². The SMILES string of the molecule is CC1(C(=O)O)CCCCN1c1cc(Cl)nnc1Cl. The first-order valence-corrected chi connectivity index (χ1v) is 6.40. The highest BCUT2D eigenvalue weighted by Gasteiger charge is 2.42. The topological polar surface area (TPSA) is 66.3 Å². The van der Waals surface area contributed by atoms with Gasteiger partial charge in [0.1, 0.15) is 5.54 Å². The first-order chi connectivity index (χ1) is 8.45. The molecule has 1 fully saturated rings. The number of aromatic nitrogens is 2. The van der Waals surface area contributed by atoms with Gasteiger partial charge in [0.25, 0.3) is 0 Å². The highest BCUT2D eigenvalue weighted by Crippen LogP contribution is 2.36. The van der Waals surface area contributed by atoms with E-state index in [0.717, 1.165) is 12.8 Å². The molecular weight excluding hydrogens is 277 g/mol. The molecule has 0 amide bonds. The van der Waals surface area contributed by atoms with Gasteiger partial charge in [-0.3, -0.25) is 0 Å². The maximum Gasteiger partial charge on any atom is 0.329 e. The Morgan fingerprint density at radius 1 is 1.44 bits per heavy atom. The standard InChI is InChI=1S/C11H13Cl2N3O2/c1-11(10(17)18)4-2-3-5-16(11)7-6-8(12)14-15-9(7)13/h6H,2-5H2,1H3,(H,17,18). The van der Waals surface area contributed by atoms with E-state index in [1.165, 1.54) is 0 Å². The van der Waals surface area contributed by atoms with Crippen LogP contribution in [-0.4, -0.2) is 33.4 Å². The number of halogens is 2. The van der Waals surface area contributed by atoms with E-state index >= 15 is 0 Å². The van der Waals surface area contributed by atoms with Crippen LogP contribution in [0.5, 0.6) is 0 Å². The van der Waals surface area contributed by atoms with Gasteiger partial charge < -0.3 is 10.0 Å². The number of hydrogen-bond acceptors (Lipinski definition) is 4. The summed E-state index contributed by atoms with van der Waals surface area (Å²) in [5, 5.41) is 17.2.